The molecule has 2 aliphatic rings. The molecule has 3 atom stereocenters. The van der Waals surface area contributed by atoms with Crippen LogP contribution in [0, 0.1) is 17.3 Å². The zero-order chi connectivity index (χ0) is 21.1. The van der Waals surface area contributed by atoms with E-state index in [2.05, 4.69) is 19.1 Å². The molecule has 0 aromatic rings. The van der Waals surface area contributed by atoms with Gasteiger partial charge >= 0.3 is 0 Å². The van der Waals surface area contributed by atoms with Gasteiger partial charge in [-0.1, -0.05) is 57.6 Å². The molecule has 2 rings (SSSR count). The van der Waals surface area contributed by atoms with Gasteiger partial charge in [-0.15, -0.1) is 0 Å². The summed E-state index contributed by atoms with van der Waals surface area (Å²) in [6.45, 7) is 1.77. The van der Waals surface area contributed by atoms with E-state index in [1.54, 1.807) is 0 Å². The summed E-state index contributed by atoms with van der Waals surface area (Å²) in [6.07, 6.45) is 19.6. The van der Waals surface area contributed by atoms with E-state index in [0.29, 0.717) is 30.0 Å². The van der Waals surface area contributed by atoms with E-state index in [9.17, 15) is 14.7 Å². The number of ketones is 2. The lowest BCUT2D eigenvalue weighted by Gasteiger charge is -2.42. The zero-order valence-electron chi connectivity index (χ0n) is 18.4. The highest BCUT2D eigenvalue weighted by molar-refractivity contribution is 5.83. The van der Waals surface area contributed by atoms with E-state index in [4.69, 9.17) is 5.11 Å². The molecule has 2 saturated carbocycles. The fourth-order valence-electron chi connectivity index (χ4n) is 5.12. The molecule has 29 heavy (non-hydrogen) atoms. The summed E-state index contributed by atoms with van der Waals surface area (Å²) in [7, 11) is 0. The third-order valence-corrected chi connectivity index (χ3v) is 7.30. The Morgan fingerprint density at radius 2 is 2.00 bits per heavy atom. The van der Waals surface area contributed by atoms with Crippen molar-refractivity contribution < 1.29 is 19.8 Å². The number of aliphatic hydroxyl groups is 2. The smallest absolute Gasteiger partial charge is 0.163 e. The number of unbranched alkanes of at least 4 members (excludes halogenated alkanes) is 4. The minimum absolute atomic E-state index is 0.155. The molecule has 166 valence electrons. The van der Waals surface area contributed by atoms with Gasteiger partial charge in [-0.05, 0) is 56.3 Å². The lowest BCUT2D eigenvalue weighted by molar-refractivity contribution is -0.129. The third-order valence-electron chi connectivity index (χ3n) is 7.30. The maximum Gasteiger partial charge on any atom is 0.163 e. The molecule has 4 heteroatoms. The highest BCUT2D eigenvalue weighted by Crippen LogP contribution is 2.48. The third kappa shape index (κ3) is 7.64. The van der Waals surface area contributed by atoms with Crippen LogP contribution in [0.25, 0.3) is 0 Å². The minimum Gasteiger partial charge on any atom is -0.393 e. The Balaban J connectivity index is 1.71. The van der Waals surface area contributed by atoms with Crippen molar-refractivity contribution in [2.75, 3.05) is 6.61 Å². The molecule has 0 radical (unpaired) electrons. The molecule has 2 aliphatic carbocycles. The van der Waals surface area contributed by atoms with Gasteiger partial charge in [0.15, 0.2) is 5.78 Å². The summed E-state index contributed by atoms with van der Waals surface area (Å²) in [5, 5.41) is 18.1. The summed E-state index contributed by atoms with van der Waals surface area (Å²) >= 11 is 0. The molecule has 0 heterocycles. The van der Waals surface area contributed by atoms with E-state index in [-0.39, 0.29) is 11.7 Å². The van der Waals surface area contributed by atoms with Crippen LogP contribution in [0.5, 0.6) is 0 Å². The minimum atomic E-state index is -1.23. The van der Waals surface area contributed by atoms with E-state index >= 15 is 0 Å². The van der Waals surface area contributed by atoms with Gasteiger partial charge in [0, 0.05) is 18.8 Å². The van der Waals surface area contributed by atoms with Crippen molar-refractivity contribution in [3.63, 3.8) is 0 Å². The first-order valence-electron chi connectivity index (χ1n) is 12.0. The summed E-state index contributed by atoms with van der Waals surface area (Å²) in [5.41, 5.74) is 0.551. The van der Waals surface area contributed by atoms with E-state index in [1.807, 2.05) is 0 Å². The average Bonchev–Trinajstić information content (AvgIpc) is 3.04. The highest BCUT2D eigenvalue weighted by Gasteiger charge is 2.36. The SMILES string of the molecule is CCCCCC1(CC=C[C@H]2CCC(=O)[C@@H]2CCCCCC(=O)C(O)CO)CCC1. The van der Waals surface area contributed by atoms with Crippen LogP contribution in [-0.2, 0) is 9.59 Å². The predicted molar refractivity (Wildman–Crippen MR) is 117 cm³/mol. The first-order chi connectivity index (χ1) is 14.0. The Hall–Kier alpha value is -1.00. The van der Waals surface area contributed by atoms with Gasteiger partial charge in [-0.3, -0.25) is 9.59 Å². The van der Waals surface area contributed by atoms with Crippen LogP contribution in [0.3, 0.4) is 0 Å². The van der Waals surface area contributed by atoms with Gasteiger partial charge in [0.1, 0.15) is 11.9 Å². The lowest BCUT2D eigenvalue weighted by atomic mass is 9.64. The number of rotatable bonds is 15. The molecule has 0 bridgehead atoms. The molecule has 0 aromatic heterocycles. The van der Waals surface area contributed by atoms with Crippen LogP contribution in [-0.4, -0.2) is 34.5 Å². The van der Waals surface area contributed by atoms with Crippen molar-refractivity contribution in [1.29, 1.82) is 0 Å². The summed E-state index contributed by atoms with van der Waals surface area (Å²) < 4.78 is 0. The van der Waals surface area contributed by atoms with Gasteiger partial charge < -0.3 is 10.2 Å². The summed E-state index contributed by atoms with van der Waals surface area (Å²) in [4.78, 5) is 23.9. The normalized spacial score (nSPS) is 24.7. The fraction of sp³-hybridized carbons (Fsp3) is 0.840. The van der Waals surface area contributed by atoms with Gasteiger partial charge in [0.2, 0.25) is 0 Å². The Morgan fingerprint density at radius 3 is 2.66 bits per heavy atom. The average molecular weight is 407 g/mol. The molecule has 4 nitrogen and oxygen atoms in total. The van der Waals surface area contributed by atoms with Crippen LogP contribution >= 0.6 is 0 Å². The fourth-order valence-corrected chi connectivity index (χ4v) is 5.12. The van der Waals surface area contributed by atoms with Gasteiger partial charge in [0.25, 0.3) is 0 Å². The molecule has 0 aromatic carbocycles. The Kier molecular flexibility index (Phi) is 10.6. The maximum atomic E-state index is 12.3. The van der Waals surface area contributed by atoms with Crippen molar-refractivity contribution in [3.05, 3.63) is 12.2 Å². The Bertz CT molecular complexity index is 535. The number of hydrogen-bond donors (Lipinski definition) is 2. The van der Waals surface area contributed by atoms with Crippen LogP contribution in [0.15, 0.2) is 12.2 Å². The van der Waals surface area contributed by atoms with Gasteiger partial charge in [-0.25, -0.2) is 0 Å². The monoisotopic (exact) mass is 406 g/mol. The summed E-state index contributed by atoms with van der Waals surface area (Å²) in [5.74, 6) is 0.678. The second-order valence-electron chi connectivity index (χ2n) is 9.48. The number of allylic oxidation sites excluding steroid dienone is 2. The van der Waals surface area contributed by atoms with Crippen molar-refractivity contribution in [1.82, 2.24) is 0 Å². The molecular weight excluding hydrogens is 364 g/mol. The van der Waals surface area contributed by atoms with Crippen molar-refractivity contribution >= 4 is 11.6 Å². The Morgan fingerprint density at radius 1 is 1.21 bits per heavy atom. The molecule has 0 aliphatic heterocycles. The van der Waals surface area contributed by atoms with Crippen molar-refractivity contribution in [3.8, 4) is 0 Å². The van der Waals surface area contributed by atoms with Gasteiger partial charge in [0.05, 0.1) is 6.61 Å². The van der Waals surface area contributed by atoms with E-state index in [1.165, 1.54) is 51.4 Å². The number of carbonyl (C=O) groups excluding carboxylic acids is 2. The second kappa shape index (κ2) is 12.6. The highest BCUT2D eigenvalue weighted by atomic mass is 16.3. The summed E-state index contributed by atoms with van der Waals surface area (Å²) in [6, 6.07) is 0. The molecular formula is C25H42O4. The predicted octanol–water partition coefficient (Wildman–Crippen LogP) is 5.15. The number of Topliss-reactive ketones (excluding diaryl/α,β-unsaturated/α-hetero) is 2. The van der Waals surface area contributed by atoms with Crippen LogP contribution in [0.1, 0.15) is 103 Å². The zero-order valence-corrected chi connectivity index (χ0v) is 18.4. The first-order valence-corrected chi connectivity index (χ1v) is 12.0. The van der Waals surface area contributed by atoms with Crippen LogP contribution in [0.2, 0.25) is 0 Å². The van der Waals surface area contributed by atoms with Gasteiger partial charge in [-0.2, -0.15) is 0 Å². The molecule has 2 fully saturated rings. The lowest BCUT2D eigenvalue weighted by Crippen LogP contribution is -2.28. The Labute approximate surface area is 177 Å². The maximum absolute atomic E-state index is 12.3. The first kappa shape index (κ1) is 24.3. The molecule has 2 N–H and O–H groups in total. The van der Waals surface area contributed by atoms with Crippen LogP contribution in [0.4, 0.5) is 0 Å². The molecule has 0 saturated heterocycles. The number of aliphatic hydroxyl groups excluding tert-OH is 2. The van der Waals surface area contributed by atoms with E-state index in [0.717, 1.165) is 32.1 Å². The van der Waals surface area contributed by atoms with Crippen molar-refractivity contribution in [2.24, 2.45) is 17.3 Å². The second-order valence-corrected chi connectivity index (χ2v) is 9.48. The van der Waals surface area contributed by atoms with E-state index < -0.39 is 12.7 Å². The topological polar surface area (TPSA) is 74.6 Å². The molecule has 0 spiro atoms. The number of hydrogen-bond acceptors (Lipinski definition) is 4. The van der Waals surface area contributed by atoms with Crippen molar-refractivity contribution in [2.45, 2.75) is 109 Å². The standard InChI is InChI=1S/C25H42O4/c1-2-3-7-15-25(17-9-18-25)16-8-10-20-13-14-22(27)21(20)11-5-4-6-12-23(28)24(29)19-26/h8,10,20-21,24,26,29H,2-7,9,11-19H2,1H3/t20-,21+,24?/m0/s1. The number of carbonyl (C=O) groups is 2. The largest absolute Gasteiger partial charge is 0.393 e. The quantitative estimate of drug-likeness (QED) is 0.291. The molecule has 1 unspecified atom stereocenters. The molecule has 0 amide bonds. The van der Waals surface area contributed by atoms with Crippen LogP contribution < -0.4 is 0 Å².